The Bertz CT molecular complexity index is 1280. The Kier molecular flexibility index (Phi) is 8.47. The van der Waals surface area contributed by atoms with E-state index in [4.69, 9.17) is 27.9 Å². The number of amides is 1. The highest BCUT2D eigenvalue weighted by Gasteiger charge is 2.21. The summed E-state index contributed by atoms with van der Waals surface area (Å²) in [5.74, 6) is 0.549. The largest absolute Gasteiger partial charge is 0.491 e. The predicted octanol–water partition coefficient (Wildman–Crippen LogP) is 5.39. The standard InChI is InChI=1S/C25H26Cl2N2O4S/c1-17-7-12-23(18(2)15-17)33-14-13-28-25(30)20-10-8-19(9-11-20)16-29(34(3,31)32)22-6-4-5-21(26)24(22)27/h4-12,15H,13-14,16H2,1-3H3,(H,28,30). The molecular formula is C25H26Cl2N2O4S. The van der Waals surface area contributed by atoms with E-state index in [2.05, 4.69) is 5.32 Å². The van der Waals surface area contributed by atoms with Gasteiger partial charge in [0.2, 0.25) is 10.0 Å². The molecule has 0 bridgehead atoms. The molecular weight excluding hydrogens is 495 g/mol. The smallest absolute Gasteiger partial charge is 0.251 e. The molecule has 1 N–H and O–H groups in total. The van der Waals surface area contributed by atoms with Crippen LogP contribution in [0, 0.1) is 13.8 Å². The van der Waals surface area contributed by atoms with Crippen molar-refractivity contribution in [2.45, 2.75) is 20.4 Å². The summed E-state index contributed by atoms with van der Waals surface area (Å²) in [7, 11) is -3.63. The number of sulfonamides is 1. The predicted molar refractivity (Wildman–Crippen MR) is 138 cm³/mol. The van der Waals surface area contributed by atoms with Crippen LogP contribution in [-0.2, 0) is 16.6 Å². The summed E-state index contributed by atoms with van der Waals surface area (Å²) in [6, 6.07) is 17.5. The van der Waals surface area contributed by atoms with Crippen LogP contribution in [0.25, 0.3) is 0 Å². The van der Waals surface area contributed by atoms with Crippen molar-refractivity contribution in [1.29, 1.82) is 0 Å². The molecule has 0 radical (unpaired) electrons. The van der Waals surface area contributed by atoms with E-state index in [9.17, 15) is 13.2 Å². The van der Waals surface area contributed by atoms with E-state index in [1.165, 1.54) is 4.31 Å². The van der Waals surface area contributed by atoms with Crippen molar-refractivity contribution in [2.75, 3.05) is 23.7 Å². The van der Waals surface area contributed by atoms with E-state index in [-0.39, 0.29) is 22.5 Å². The third kappa shape index (κ3) is 6.65. The van der Waals surface area contributed by atoms with Crippen LogP contribution < -0.4 is 14.4 Å². The molecule has 0 atom stereocenters. The zero-order valence-corrected chi connectivity index (χ0v) is 21.5. The van der Waals surface area contributed by atoms with Gasteiger partial charge in [0.05, 0.1) is 35.1 Å². The fraction of sp³-hybridized carbons (Fsp3) is 0.240. The number of nitrogens with one attached hydrogen (secondary N) is 1. The number of hydrogen-bond donors (Lipinski definition) is 1. The maximum Gasteiger partial charge on any atom is 0.251 e. The molecule has 3 rings (SSSR count). The fourth-order valence-corrected chi connectivity index (χ4v) is 4.72. The summed E-state index contributed by atoms with van der Waals surface area (Å²) in [6.07, 6.45) is 1.10. The van der Waals surface area contributed by atoms with Gasteiger partial charge in [-0.05, 0) is 55.3 Å². The monoisotopic (exact) mass is 520 g/mol. The summed E-state index contributed by atoms with van der Waals surface area (Å²) in [5.41, 5.74) is 3.65. The molecule has 9 heteroatoms. The lowest BCUT2D eigenvalue weighted by atomic mass is 10.1. The number of aryl methyl sites for hydroxylation is 2. The van der Waals surface area contributed by atoms with Crippen LogP contribution >= 0.6 is 23.2 Å². The lowest BCUT2D eigenvalue weighted by molar-refractivity contribution is 0.0947. The first-order valence-corrected chi connectivity index (χ1v) is 13.2. The van der Waals surface area contributed by atoms with Crippen LogP contribution in [-0.4, -0.2) is 33.7 Å². The first kappa shape index (κ1) is 25.9. The first-order valence-electron chi connectivity index (χ1n) is 10.5. The summed E-state index contributed by atoms with van der Waals surface area (Å²) in [4.78, 5) is 12.5. The summed E-state index contributed by atoms with van der Waals surface area (Å²) < 4.78 is 31.7. The zero-order chi connectivity index (χ0) is 24.9. The second kappa shape index (κ2) is 11.1. The van der Waals surface area contributed by atoms with Gasteiger partial charge in [0, 0.05) is 5.56 Å². The minimum atomic E-state index is -3.63. The van der Waals surface area contributed by atoms with Crippen LogP contribution in [0.1, 0.15) is 27.0 Å². The molecule has 3 aromatic rings. The van der Waals surface area contributed by atoms with Gasteiger partial charge in [-0.3, -0.25) is 9.10 Å². The van der Waals surface area contributed by atoms with Gasteiger partial charge in [-0.2, -0.15) is 0 Å². The number of nitrogens with zero attached hydrogens (tertiary/aromatic N) is 1. The Hall–Kier alpha value is -2.74. The molecule has 1 amide bonds. The highest BCUT2D eigenvalue weighted by atomic mass is 35.5. The van der Waals surface area contributed by atoms with E-state index >= 15 is 0 Å². The Balaban J connectivity index is 1.61. The molecule has 0 fully saturated rings. The van der Waals surface area contributed by atoms with E-state index in [1.807, 2.05) is 32.0 Å². The topological polar surface area (TPSA) is 75.7 Å². The van der Waals surface area contributed by atoms with E-state index in [0.29, 0.717) is 30.0 Å². The molecule has 3 aromatic carbocycles. The van der Waals surface area contributed by atoms with Gasteiger partial charge in [-0.1, -0.05) is 59.1 Å². The Morgan fingerprint density at radius 1 is 1.03 bits per heavy atom. The lowest BCUT2D eigenvalue weighted by Gasteiger charge is -2.24. The van der Waals surface area contributed by atoms with Gasteiger partial charge < -0.3 is 10.1 Å². The number of benzene rings is 3. The fourth-order valence-electron chi connectivity index (χ4n) is 3.38. The van der Waals surface area contributed by atoms with Gasteiger partial charge in [-0.15, -0.1) is 0 Å². The van der Waals surface area contributed by atoms with Crippen LogP contribution in [0.3, 0.4) is 0 Å². The first-order chi connectivity index (χ1) is 16.1. The number of ether oxygens (including phenoxy) is 1. The maximum atomic E-state index is 12.5. The minimum absolute atomic E-state index is 0.0462. The summed E-state index contributed by atoms with van der Waals surface area (Å²) in [6.45, 7) is 4.74. The summed E-state index contributed by atoms with van der Waals surface area (Å²) >= 11 is 12.3. The SMILES string of the molecule is Cc1ccc(OCCNC(=O)c2ccc(CN(c3cccc(Cl)c3Cl)S(C)(=O)=O)cc2)c(C)c1. The molecule has 0 saturated carbocycles. The van der Waals surface area contributed by atoms with Crippen molar-refractivity contribution in [1.82, 2.24) is 5.32 Å². The third-order valence-corrected chi connectivity index (χ3v) is 7.05. The average Bonchev–Trinajstić information content (AvgIpc) is 2.78. The highest BCUT2D eigenvalue weighted by Crippen LogP contribution is 2.34. The highest BCUT2D eigenvalue weighted by molar-refractivity contribution is 7.92. The lowest BCUT2D eigenvalue weighted by Crippen LogP contribution is -2.30. The Morgan fingerprint density at radius 2 is 1.74 bits per heavy atom. The third-order valence-electron chi connectivity index (χ3n) is 5.12. The second-order valence-corrected chi connectivity index (χ2v) is 10.6. The van der Waals surface area contributed by atoms with E-state index in [1.54, 1.807) is 42.5 Å². The van der Waals surface area contributed by atoms with Crippen LogP contribution in [0.5, 0.6) is 5.75 Å². The summed E-state index contributed by atoms with van der Waals surface area (Å²) in [5, 5.41) is 3.25. The van der Waals surface area contributed by atoms with Gasteiger partial charge in [0.25, 0.3) is 5.91 Å². The molecule has 0 spiro atoms. The molecule has 0 aliphatic rings. The van der Waals surface area contributed by atoms with Gasteiger partial charge in [0.1, 0.15) is 12.4 Å². The molecule has 0 aromatic heterocycles. The molecule has 0 aliphatic heterocycles. The van der Waals surface area contributed by atoms with Crippen molar-refractivity contribution in [3.63, 3.8) is 0 Å². The van der Waals surface area contributed by atoms with Crippen molar-refractivity contribution in [2.24, 2.45) is 0 Å². The molecule has 34 heavy (non-hydrogen) atoms. The number of carbonyl (C=O) groups excluding carboxylic acids is 1. The zero-order valence-electron chi connectivity index (χ0n) is 19.1. The van der Waals surface area contributed by atoms with E-state index in [0.717, 1.165) is 23.1 Å². The van der Waals surface area contributed by atoms with Crippen molar-refractivity contribution in [3.8, 4) is 5.75 Å². The molecule has 0 saturated heterocycles. The average molecular weight is 521 g/mol. The van der Waals surface area contributed by atoms with Crippen LogP contribution in [0.15, 0.2) is 60.7 Å². The maximum absolute atomic E-state index is 12.5. The normalized spacial score (nSPS) is 11.2. The molecule has 6 nitrogen and oxygen atoms in total. The number of carbonyl (C=O) groups is 1. The van der Waals surface area contributed by atoms with Gasteiger partial charge >= 0.3 is 0 Å². The van der Waals surface area contributed by atoms with Crippen LogP contribution in [0.4, 0.5) is 5.69 Å². The molecule has 0 unspecified atom stereocenters. The minimum Gasteiger partial charge on any atom is -0.491 e. The van der Waals surface area contributed by atoms with Gasteiger partial charge in [-0.25, -0.2) is 8.42 Å². The number of anilines is 1. The second-order valence-electron chi connectivity index (χ2n) is 7.91. The number of hydrogen-bond acceptors (Lipinski definition) is 4. The van der Waals surface area contributed by atoms with Crippen molar-refractivity contribution >= 4 is 44.8 Å². The molecule has 180 valence electrons. The Morgan fingerprint density at radius 3 is 2.38 bits per heavy atom. The number of rotatable bonds is 9. The Labute approximate surface area is 210 Å². The van der Waals surface area contributed by atoms with Crippen LogP contribution in [0.2, 0.25) is 10.0 Å². The van der Waals surface area contributed by atoms with Crippen molar-refractivity contribution < 1.29 is 17.9 Å². The quantitative estimate of drug-likeness (QED) is 0.384. The molecule has 0 aliphatic carbocycles. The number of halogens is 2. The molecule has 0 heterocycles. The van der Waals surface area contributed by atoms with Crippen molar-refractivity contribution in [3.05, 3.63) is 93.0 Å². The van der Waals surface area contributed by atoms with Gasteiger partial charge in [0.15, 0.2) is 0 Å². The van der Waals surface area contributed by atoms with E-state index < -0.39 is 10.0 Å².